The van der Waals surface area contributed by atoms with Gasteiger partial charge in [0, 0.05) is 26.1 Å². The number of carbonyl (C=O) groups excluding carboxylic acids is 2. The van der Waals surface area contributed by atoms with Gasteiger partial charge in [-0.25, -0.2) is 0 Å². The van der Waals surface area contributed by atoms with Crippen LogP contribution in [0.2, 0.25) is 0 Å². The number of unbranched alkanes of at least 4 members (excludes halogenated alkanes) is 5. The Morgan fingerprint density at radius 3 is 1.47 bits per heavy atom. The van der Waals surface area contributed by atoms with E-state index in [-0.39, 0.29) is 11.8 Å². The molecule has 3 N–H and O–H groups in total. The zero-order valence-electron chi connectivity index (χ0n) is 11.7. The van der Waals surface area contributed by atoms with Gasteiger partial charge < -0.3 is 10.2 Å². The Balaban J connectivity index is 0.000000342. The molecule has 0 bridgehead atoms. The summed E-state index contributed by atoms with van der Waals surface area (Å²) in [5.74, 6) is -0.255. The summed E-state index contributed by atoms with van der Waals surface area (Å²) in [5.41, 5.74) is 0. The molecule has 0 spiro atoms. The van der Waals surface area contributed by atoms with Crippen LogP contribution >= 0.6 is 0 Å². The van der Waals surface area contributed by atoms with Gasteiger partial charge in [0.2, 0.25) is 11.8 Å². The molecule has 2 amide bonds. The van der Waals surface area contributed by atoms with Gasteiger partial charge in [-0.3, -0.25) is 14.9 Å². The molecular weight excluding hydrogens is 246 g/mol. The third kappa shape index (κ3) is 13.3. The SMILES string of the molecule is O=C1CCCCC(=O)N1.OCCCCCCCCO. The quantitative estimate of drug-likeness (QED) is 0.485. The molecule has 1 aliphatic rings. The van der Waals surface area contributed by atoms with E-state index >= 15 is 0 Å². The monoisotopic (exact) mass is 273 g/mol. The van der Waals surface area contributed by atoms with Crippen molar-refractivity contribution in [2.75, 3.05) is 13.2 Å². The lowest BCUT2D eigenvalue weighted by Crippen LogP contribution is -2.27. The van der Waals surface area contributed by atoms with Crippen molar-refractivity contribution in [1.29, 1.82) is 0 Å². The van der Waals surface area contributed by atoms with Crippen LogP contribution in [0.3, 0.4) is 0 Å². The van der Waals surface area contributed by atoms with Crippen molar-refractivity contribution in [3.8, 4) is 0 Å². The highest BCUT2D eigenvalue weighted by molar-refractivity contribution is 5.95. The van der Waals surface area contributed by atoms with Gasteiger partial charge in [-0.1, -0.05) is 25.7 Å². The fraction of sp³-hybridized carbons (Fsp3) is 0.857. The van der Waals surface area contributed by atoms with Crippen LogP contribution in [-0.2, 0) is 9.59 Å². The van der Waals surface area contributed by atoms with Gasteiger partial charge in [0.1, 0.15) is 0 Å². The van der Waals surface area contributed by atoms with Crippen molar-refractivity contribution in [2.45, 2.75) is 64.2 Å². The molecule has 0 radical (unpaired) electrons. The number of imide groups is 1. The first-order chi connectivity index (χ1) is 9.20. The standard InChI is InChI=1S/C8H18O2.C6H9NO2/c9-7-5-3-1-2-4-6-8-10;8-5-3-1-2-4-6(9)7-5/h9-10H,1-8H2;1-4H2,(H,7,8,9). The minimum atomic E-state index is -0.127. The van der Waals surface area contributed by atoms with Gasteiger partial charge in [-0.2, -0.15) is 0 Å². The zero-order chi connectivity index (χ0) is 14.3. The lowest BCUT2D eigenvalue weighted by atomic mass is 10.1. The summed E-state index contributed by atoms with van der Waals surface area (Å²) in [6, 6.07) is 0. The van der Waals surface area contributed by atoms with Crippen molar-refractivity contribution >= 4 is 11.8 Å². The molecule has 1 rings (SSSR count). The Bertz CT molecular complexity index is 220. The molecule has 1 saturated heterocycles. The second kappa shape index (κ2) is 13.5. The average Bonchev–Trinajstić information content (AvgIpc) is 2.58. The predicted molar refractivity (Wildman–Crippen MR) is 73.5 cm³/mol. The first kappa shape index (κ1) is 18.1. The Morgan fingerprint density at radius 1 is 0.737 bits per heavy atom. The molecule has 1 fully saturated rings. The van der Waals surface area contributed by atoms with E-state index in [2.05, 4.69) is 5.32 Å². The molecule has 0 saturated carbocycles. The normalized spacial score (nSPS) is 15.3. The molecule has 1 aliphatic heterocycles. The fourth-order valence-electron chi connectivity index (χ4n) is 1.78. The highest BCUT2D eigenvalue weighted by atomic mass is 16.3. The number of carbonyl (C=O) groups is 2. The van der Waals surface area contributed by atoms with Gasteiger partial charge in [0.25, 0.3) is 0 Å². The van der Waals surface area contributed by atoms with Crippen LogP contribution in [0.5, 0.6) is 0 Å². The molecular formula is C14H27NO4. The van der Waals surface area contributed by atoms with Crippen LogP contribution in [0.1, 0.15) is 64.2 Å². The van der Waals surface area contributed by atoms with Crippen molar-refractivity contribution in [1.82, 2.24) is 5.32 Å². The summed E-state index contributed by atoms with van der Waals surface area (Å²) in [6.45, 7) is 0.639. The van der Waals surface area contributed by atoms with Gasteiger partial charge in [0.15, 0.2) is 0 Å². The summed E-state index contributed by atoms with van der Waals surface area (Å²) >= 11 is 0. The number of aliphatic hydroxyl groups excluding tert-OH is 2. The number of hydrogen-bond acceptors (Lipinski definition) is 4. The summed E-state index contributed by atoms with van der Waals surface area (Å²) in [4.78, 5) is 21.1. The van der Waals surface area contributed by atoms with Crippen molar-refractivity contribution in [2.24, 2.45) is 0 Å². The summed E-state index contributed by atoms with van der Waals surface area (Å²) in [7, 11) is 0. The Labute approximate surface area is 115 Å². The van der Waals surface area contributed by atoms with Crippen molar-refractivity contribution < 1.29 is 19.8 Å². The van der Waals surface area contributed by atoms with Crippen LogP contribution in [0.4, 0.5) is 0 Å². The van der Waals surface area contributed by atoms with Crippen LogP contribution in [0.15, 0.2) is 0 Å². The topological polar surface area (TPSA) is 86.6 Å². The van der Waals surface area contributed by atoms with Gasteiger partial charge in [-0.05, 0) is 25.7 Å². The fourth-order valence-corrected chi connectivity index (χ4v) is 1.78. The largest absolute Gasteiger partial charge is 0.396 e. The number of hydrogen-bond donors (Lipinski definition) is 3. The molecule has 0 aromatic rings. The van der Waals surface area contributed by atoms with E-state index in [9.17, 15) is 9.59 Å². The molecule has 0 aromatic carbocycles. The molecule has 1 heterocycles. The van der Waals surface area contributed by atoms with Crippen molar-refractivity contribution in [3.63, 3.8) is 0 Å². The van der Waals surface area contributed by atoms with Gasteiger partial charge >= 0.3 is 0 Å². The molecule has 0 aromatic heterocycles. The summed E-state index contributed by atoms with van der Waals surface area (Å²) < 4.78 is 0. The molecule has 112 valence electrons. The third-order valence-corrected chi connectivity index (χ3v) is 2.90. The third-order valence-electron chi connectivity index (χ3n) is 2.90. The van der Waals surface area contributed by atoms with Crippen molar-refractivity contribution in [3.05, 3.63) is 0 Å². The number of nitrogens with one attached hydrogen (secondary N) is 1. The number of rotatable bonds is 7. The summed E-state index contributed by atoms with van der Waals surface area (Å²) in [6.07, 6.45) is 9.20. The smallest absolute Gasteiger partial charge is 0.226 e. The van der Waals surface area contributed by atoms with E-state index in [1.165, 1.54) is 12.8 Å². The van der Waals surface area contributed by atoms with E-state index in [1.54, 1.807) is 0 Å². The van der Waals surface area contributed by atoms with Gasteiger partial charge in [0.05, 0.1) is 0 Å². The maximum absolute atomic E-state index is 10.6. The van der Waals surface area contributed by atoms with Crippen LogP contribution in [0, 0.1) is 0 Å². The van der Waals surface area contributed by atoms with Crippen LogP contribution in [0.25, 0.3) is 0 Å². The molecule has 5 nitrogen and oxygen atoms in total. The number of amides is 2. The van der Waals surface area contributed by atoms with E-state index in [0.717, 1.165) is 38.5 Å². The lowest BCUT2D eigenvalue weighted by Gasteiger charge is -1.97. The average molecular weight is 273 g/mol. The highest BCUT2D eigenvalue weighted by Crippen LogP contribution is 2.04. The molecule has 0 atom stereocenters. The van der Waals surface area contributed by atoms with Crippen LogP contribution < -0.4 is 5.32 Å². The zero-order valence-corrected chi connectivity index (χ0v) is 11.7. The summed E-state index contributed by atoms with van der Waals surface area (Å²) in [5, 5.41) is 19.1. The van der Waals surface area contributed by atoms with E-state index in [1.807, 2.05) is 0 Å². The molecule has 5 heteroatoms. The maximum atomic E-state index is 10.6. The molecule has 0 unspecified atom stereocenters. The van der Waals surface area contributed by atoms with E-state index in [4.69, 9.17) is 10.2 Å². The van der Waals surface area contributed by atoms with E-state index in [0.29, 0.717) is 26.1 Å². The lowest BCUT2D eigenvalue weighted by molar-refractivity contribution is -0.129. The molecule has 0 aliphatic carbocycles. The van der Waals surface area contributed by atoms with Crippen LogP contribution in [-0.4, -0.2) is 35.2 Å². The molecule has 19 heavy (non-hydrogen) atoms. The predicted octanol–water partition coefficient (Wildman–Crippen LogP) is 1.51. The minimum Gasteiger partial charge on any atom is -0.396 e. The second-order valence-corrected chi connectivity index (χ2v) is 4.75. The Kier molecular flexibility index (Phi) is 12.8. The second-order valence-electron chi connectivity index (χ2n) is 4.75. The van der Waals surface area contributed by atoms with E-state index < -0.39 is 0 Å². The Morgan fingerprint density at radius 2 is 1.11 bits per heavy atom. The van der Waals surface area contributed by atoms with Gasteiger partial charge in [-0.15, -0.1) is 0 Å². The Hall–Kier alpha value is -0.940. The maximum Gasteiger partial charge on any atom is 0.226 e. The first-order valence-corrected chi connectivity index (χ1v) is 7.25. The highest BCUT2D eigenvalue weighted by Gasteiger charge is 2.11. The first-order valence-electron chi connectivity index (χ1n) is 7.25. The number of aliphatic hydroxyl groups is 2. The minimum absolute atomic E-state index is 0.127.